The van der Waals surface area contributed by atoms with E-state index in [4.69, 9.17) is 0 Å². The summed E-state index contributed by atoms with van der Waals surface area (Å²) in [6.07, 6.45) is 2.59. The summed E-state index contributed by atoms with van der Waals surface area (Å²) in [6.45, 7) is 11.6. The zero-order chi connectivity index (χ0) is 24.8. The number of benzene rings is 2. The largest absolute Gasteiger partial charge is 0.369 e. The Morgan fingerprint density at radius 1 is 0.943 bits per heavy atom. The molecule has 35 heavy (non-hydrogen) atoms. The first-order valence-electron chi connectivity index (χ1n) is 12.5. The van der Waals surface area contributed by atoms with Crippen molar-refractivity contribution in [3.05, 3.63) is 99.5 Å². The molecule has 184 valence electrons. The molecule has 1 aliphatic rings. The van der Waals surface area contributed by atoms with Crippen molar-refractivity contribution in [2.24, 2.45) is 0 Å². The summed E-state index contributed by atoms with van der Waals surface area (Å²) >= 11 is 0. The fourth-order valence-electron chi connectivity index (χ4n) is 4.65. The van der Waals surface area contributed by atoms with Crippen LogP contribution in [0.2, 0.25) is 0 Å². The Labute approximate surface area is 208 Å². The molecule has 2 heterocycles. The molecule has 0 aliphatic carbocycles. The summed E-state index contributed by atoms with van der Waals surface area (Å²) in [7, 11) is 0. The van der Waals surface area contributed by atoms with Gasteiger partial charge in [0.25, 0.3) is 11.5 Å². The molecule has 1 aliphatic heterocycles. The number of piperazine rings is 1. The third-order valence-electron chi connectivity index (χ3n) is 6.70. The van der Waals surface area contributed by atoms with E-state index in [1.54, 1.807) is 22.9 Å². The first-order valence-corrected chi connectivity index (χ1v) is 12.5. The Morgan fingerprint density at radius 2 is 1.66 bits per heavy atom. The van der Waals surface area contributed by atoms with Crippen LogP contribution in [0.5, 0.6) is 0 Å². The Kier molecular flexibility index (Phi) is 8.03. The molecule has 0 bridgehead atoms. The second-order valence-electron chi connectivity index (χ2n) is 9.67. The van der Waals surface area contributed by atoms with Crippen molar-refractivity contribution in [3.63, 3.8) is 0 Å². The zero-order valence-electron chi connectivity index (χ0n) is 21.0. The summed E-state index contributed by atoms with van der Waals surface area (Å²) in [5.41, 5.74) is 4.70. The Morgan fingerprint density at radius 3 is 2.37 bits per heavy atom. The number of nitrogens with one attached hydrogen (secondary N) is 1. The topological polar surface area (TPSA) is 57.6 Å². The average molecular weight is 473 g/mol. The van der Waals surface area contributed by atoms with E-state index in [0.717, 1.165) is 50.3 Å². The number of rotatable bonds is 8. The van der Waals surface area contributed by atoms with E-state index in [1.807, 2.05) is 32.0 Å². The number of pyridine rings is 1. The van der Waals surface area contributed by atoms with Crippen molar-refractivity contribution in [3.8, 4) is 0 Å². The lowest BCUT2D eigenvalue weighted by atomic mass is 10.1. The fourth-order valence-corrected chi connectivity index (χ4v) is 4.65. The van der Waals surface area contributed by atoms with Gasteiger partial charge in [-0.2, -0.15) is 0 Å². The van der Waals surface area contributed by atoms with Crippen LogP contribution in [0.4, 0.5) is 5.69 Å². The lowest BCUT2D eigenvalue weighted by molar-refractivity contribution is 0.0933. The molecule has 1 amide bonds. The number of aromatic nitrogens is 1. The highest BCUT2D eigenvalue weighted by molar-refractivity contribution is 5.93. The lowest BCUT2D eigenvalue weighted by Crippen LogP contribution is -2.47. The molecule has 1 saturated heterocycles. The molecular weight excluding hydrogens is 436 g/mol. The van der Waals surface area contributed by atoms with E-state index >= 15 is 0 Å². The first-order chi connectivity index (χ1) is 16.9. The van der Waals surface area contributed by atoms with Crippen LogP contribution < -0.4 is 15.8 Å². The van der Waals surface area contributed by atoms with Crippen molar-refractivity contribution >= 4 is 11.6 Å². The fraction of sp³-hybridized carbons (Fsp3) is 0.379. The number of hydrogen-bond acceptors (Lipinski definition) is 4. The minimum absolute atomic E-state index is 0.0119. The molecule has 1 N–H and O–H groups in total. The van der Waals surface area contributed by atoms with Crippen molar-refractivity contribution in [2.45, 2.75) is 39.8 Å². The van der Waals surface area contributed by atoms with Gasteiger partial charge in [0.1, 0.15) is 5.56 Å². The quantitative estimate of drug-likeness (QED) is 0.541. The van der Waals surface area contributed by atoms with Gasteiger partial charge in [0.05, 0.1) is 6.54 Å². The van der Waals surface area contributed by atoms with Crippen LogP contribution in [0.25, 0.3) is 0 Å². The Bertz CT molecular complexity index is 1210. The van der Waals surface area contributed by atoms with E-state index in [-0.39, 0.29) is 23.1 Å². The Balaban J connectivity index is 1.27. The summed E-state index contributed by atoms with van der Waals surface area (Å²) < 4.78 is 1.60. The maximum absolute atomic E-state index is 12.9. The third-order valence-corrected chi connectivity index (χ3v) is 6.70. The minimum Gasteiger partial charge on any atom is -0.369 e. The summed E-state index contributed by atoms with van der Waals surface area (Å²) in [5, 5.41) is 3.03. The molecule has 2 aromatic carbocycles. The first kappa shape index (κ1) is 24.7. The van der Waals surface area contributed by atoms with Gasteiger partial charge in [-0.1, -0.05) is 42.0 Å². The van der Waals surface area contributed by atoms with Crippen molar-refractivity contribution < 1.29 is 4.79 Å². The molecular formula is C29H36N4O2. The normalized spacial score (nSPS) is 15.1. The van der Waals surface area contributed by atoms with Gasteiger partial charge in [-0.15, -0.1) is 0 Å². The number of anilines is 1. The standard InChI is InChI=1S/C29H36N4O2/c1-22-7-4-9-25(19-22)21-33-13-6-11-27(29(33)35)28(34)30-24(3)12-14-31-15-17-32(18-16-31)26-10-5-8-23(2)20-26/h4-11,13,19-20,24H,12,14-18,21H2,1-3H3,(H,30,34). The maximum Gasteiger partial charge on any atom is 0.263 e. The van der Waals surface area contributed by atoms with Gasteiger partial charge in [-0.3, -0.25) is 14.5 Å². The smallest absolute Gasteiger partial charge is 0.263 e. The second-order valence-corrected chi connectivity index (χ2v) is 9.67. The predicted molar refractivity (Wildman–Crippen MR) is 142 cm³/mol. The van der Waals surface area contributed by atoms with Crippen LogP contribution in [0.15, 0.2) is 71.7 Å². The van der Waals surface area contributed by atoms with Crippen LogP contribution in [-0.2, 0) is 6.54 Å². The van der Waals surface area contributed by atoms with E-state index < -0.39 is 0 Å². The predicted octanol–water partition coefficient (Wildman–Crippen LogP) is 3.84. The molecule has 1 atom stereocenters. The van der Waals surface area contributed by atoms with Gasteiger partial charge in [0, 0.05) is 50.6 Å². The van der Waals surface area contributed by atoms with E-state index in [2.05, 4.69) is 52.4 Å². The summed E-state index contributed by atoms with van der Waals surface area (Å²) in [6, 6.07) is 20.1. The van der Waals surface area contributed by atoms with Gasteiger partial charge in [-0.25, -0.2) is 0 Å². The maximum atomic E-state index is 12.9. The zero-order valence-corrected chi connectivity index (χ0v) is 21.0. The molecule has 0 spiro atoms. The molecule has 6 heteroatoms. The molecule has 1 unspecified atom stereocenters. The monoisotopic (exact) mass is 472 g/mol. The molecule has 3 aromatic rings. The average Bonchev–Trinajstić information content (AvgIpc) is 2.84. The number of nitrogens with zero attached hydrogens (tertiary/aromatic N) is 3. The van der Waals surface area contributed by atoms with Crippen molar-refractivity contribution in [1.29, 1.82) is 0 Å². The molecule has 1 aromatic heterocycles. The van der Waals surface area contributed by atoms with E-state index in [9.17, 15) is 9.59 Å². The van der Waals surface area contributed by atoms with Crippen molar-refractivity contribution in [1.82, 2.24) is 14.8 Å². The molecule has 0 saturated carbocycles. The SMILES string of the molecule is Cc1cccc(Cn2cccc(C(=O)NC(C)CCN3CCN(c4cccc(C)c4)CC3)c2=O)c1. The van der Waals surface area contributed by atoms with Crippen LogP contribution in [-0.4, -0.2) is 54.1 Å². The van der Waals surface area contributed by atoms with Crippen molar-refractivity contribution in [2.75, 3.05) is 37.6 Å². The number of hydrogen-bond donors (Lipinski definition) is 1. The third kappa shape index (κ3) is 6.61. The van der Waals surface area contributed by atoms with Crippen LogP contribution in [0.3, 0.4) is 0 Å². The number of carbonyl (C=O) groups excluding carboxylic acids is 1. The molecule has 0 radical (unpaired) electrons. The van der Waals surface area contributed by atoms with Crippen LogP contribution >= 0.6 is 0 Å². The summed E-state index contributed by atoms with van der Waals surface area (Å²) in [4.78, 5) is 30.7. The Hall–Kier alpha value is -3.38. The molecule has 4 rings (SSSR count). The van der Waals surface area contributed by atoms with Gasteiger partial charge in [0.15, 0.2) is 0 Å². The number of aryl methyl sites for hydroxylation is 2. The van der Waals surface area contributed by atoms with Gasteiger partial charge in [0.2, 0.25) is 0 Å². The van der Waals surface area contributed by atoms with Crippen LogP contribution in [0.1, 0.15) is 40.4 Å². The minimum atomic E-state index is -0.301. The van der Waals surface area contributed by atoms with E-state index in [0.29, 0.717) is 6.54 Å². The lowest BCUT2D eigenvalue weighted by Gasteiger charge is -2.36. The highest BCUT2D eigenvalue weighted by Crippen LogP contribution is 2.18. The van der Waals surface area contributed by atoms with Gasteiger partial charge >= 0.3 is 0 Å². The van der Waals surface area contributed by atoms with Crippen LogP contribution in [0, 0.1) is 13.8 Å². The van der Waals surface area contributed by atoms with Gasteiger partial charge in [-0.05, 0) is 62.6 Å². The molecule has 6 nitrogen and oxygen atoms in total. The highest BCUT2D eigenvalue weighted by atomic mass is 16.2. The molecule has 1 fully saturated rings. The summed E-state index contributed by atoms with van der Waals surface area (Å²) in [5.74, 6) is -0.301. The number of carbonyl (C=O) groups is 1. The van der Waals surface area contributed by atoms with Gasteiger partial charge < -0.3 is 14.8 Å². The second kappa shape index (κ2) is 11.4. The highest BCUT2D eigenvalue weighted by Gasteiger charge is 2.19. The van der Waals surface area contributed by atoms with E-state index in [1.165, 1.54) is 11.3 Å². The number of amides is 1.